The molecule has 0 amide bonds. The molecule has 0 saturated heterocycles. The van der Waals surface area contributed by atoms with Gasteiger partial charge in [0.25, 0.3) is 0 Å². The van der Waals surface area contributed by atoms with Gasteiger partial charge in [0.15, 0.2) is 11.5 Å². The van der Waals surface area contributed by atoms with Crippen molar-refractivity contribution in [2.75, 3.05) is 0 Å². The molecule has 0 fully saturated rings. The third kappa shape index (κ3) is 2.66. The van der Waals surface area contributed by atoms with E-state index < -0.39 is 34.2 Å². The van der Waals surface area contributed by atoms with E-state index >= 15 is 0 Å². The van der Waals surface area contributed by atoms with Crippen molar-refractivity contribution in [3.05, 3.63) is 106 Å². The standard InChI is InChI=1S/C27H19ClO5/c1-2-14-7-9-15(10-8-14)27(21-22(29)24(31)26(33)25(32)23(21)30)19-6-4-3-5-17(19)18-12-11-16(28)13-20(18)27/h2-13,29-33H,1H2. The minimum atomic E-state index is -1.37. The van der Waals surface area contributed by atoms with Crippen molar-refractivity contribution in [3.63, 3.8) is 0 Å². The van der Waals surface area contributed by atoms with Gasteiger partial charge in [-0.2, -0.15) is 0 Å². The Morgan fingerprint density at radius 2 is 1.24 bits per heavy atom. The van der Waals surface area contributed by atoms with Gasteiger partial charge in [-0.05, 0) is 45.5 Å². The Bertz CT molecular complexity index is 1410. The van der Waals surface area contributed by atoms with Crippen LogP contribution in [0.2, 0.25) is 5.02 Å². The molecule has 0 aliphatic heterocycles. The average molecular weight is 459 g/mol. The molecule has 1 aliphatic rings. The number of phenols is 5. The molecule has 4 aromatic carbocycles. The lowest BCUT2D eigenvalue weighted by Gasteiger charge is -2.35. The second-order valence-electron chi connectivity index (χ2n) is 7.93. The highest BCUT2D eigenvalue weighted by Crippen LogP contribution is 2.64. The highest BCUT2D eigenvalue weighted by Gasteiger charge is 2.50. The molecule has 0 aromatic heterocycles. The van der Waals surface area contributed by atoms with Crippen LogP contribution in [0.4, 0.5) is 0 Å². The zero-order chi connectivity index (χ0) is 23.5. The summed E-state index contributed by atoms with van der Waals surface area (Å²) in [6.45, 7) is 3.79. The van der Waals surface area contributed by atoms with E-state index in [2.05, 4.69) is 6.58 Å². The summed E-state index contributed by atoms with van der Waals surface area (Å²) in [4.78, 5) is 0. The second-order valence-corrected chi connectivity index (χ2v) is 8.37. The third-order valence-corrected chi connectivity index (χ3v) is 6.57. The average Bonchev–Trinajstić information content (AvgIpc) is 3.12. The van der Waals surface area contributed by atoms with Crippen LogP contribution >= 0.6 is 11.6 Å². The van der Waals surface area contributed by atoms with E-state index in [0.717, 1.165) is 16.7 Å². The topological polar surface area (TPSA) is 101 Å². The van der Waals surface area contributed by atoms with E-state index in [4.69, 9.17) is 11.6 Å². The minimum Gasteiger partial charge on any atom is -0.504 e. The van der Waals surface area contributed by atoms with Crippen molar-refractivity contribution in [3.8, 4) is 39.9 Å². The zero-order valence-corrected chi connectivity index (χ0v) is 18.0. The summed E-state index contributed by atoms with van der Waals surface area (Å²) in [5.41, 5.74) is 2.94. The summed E-state index contributed by atoms with van der Waals surface area (Å²) in [5, 5.41) is 53.5. The van der Waals surface area contributed by atoms with Crippen LogP contribution in [-0.4, -0.2) is 25.5 Å². The smallest absolute Gasteiger partial charge is 0.208 e. The minimum absolute atomic E-state index is 0.171. The maximum absolute atomic E-state index is 11.1. The molecular weight excluding hydrogens is 440 g/mol. The molecule has 0 bridgehead atoms. The summed E-state index contributed by atoms with van der Waals surface area (Å²) < 4.78 is 0. The van der Waals surface area contributed by atoms with Gasteiger partial charge >= 0.3 is 0 Å². The van der Waals surface area contributed by atoms with Crippen LogP contribution in [0.25, 0.3) is 17.2 Å². The van der Waals surface area contributed by atoms with Crippen LogP contribution in [-0.2, 0) is 5.41 Å². The first kappa shape index (κ1) is 20.8. The lowest BCUT2D eigenvalue weighted by atomic mass is 9.66. The van der Waals surface area contributed by atoms with Crippen molar-refractivity contribution in [2.45, 2.75) is 5.41 Å². The van der Waals surface area contributed by atoms with Gasteiger partial charge in [0.05, 0.1) is 11.0 Å². The van der Waals surface area contributed by atoms with E-state index in [-0.39, 0.29) is 5.56 Å². The van der Waals surface area contributed by atoms with E-state index in [9.17, 15) is 25.5 Å². The summed E-state index contributed by atoms with van der Waals surface area (Å²) in [5.74, 6) is -4.38. The quantitative estimate of drug-likeness (QED) is 0.172. The molecular formula is C27H19ClO5. The van der Waals surface area contributed by atoms with Crippen molar-refractivity contribution >= 4 is 17.7 Å². The lowest BCUT2D eigenvalue weighted by molar-refractivity contribution is 0.321. The van der Waals surface area contributed by atoms with Gasteiger partial charge in [0.1, 0.15) is 0 Å². The predicted molar refractivity (Wildman–Crippen MR) is 127 cm³/mol. The summed E-state index contributed by atoms with van der Waals surface area (Å²) in [6.07, 6.45) is 1.69. The van der Waals surface area contributed by atoms with Crippen LogP contribution < -0.4 is 0 Å². The molecule has 1 aliphatic carbocycles. The van der Waals surface area contributed by atoms with Crippen molar-refractivity contribution in [2.24, 2.45) is 0 Å². The summed E-state index contributed by atoms with van der Waals surface area (Å²) in [7, 11) is 0. The Morgan fingerprint density at radius 1 is 0.667 bits per heavy atom. The van der Waals surface area contributed by atoms with Gasteiger partial charge in [-0.25, -0.2) is 0 Å². The van der Waals surface area contributed by atoms with Crippen LogP contribution in [0.15, 0.2) is 73.3 Å². The first-order chi connectivity index (χ1) is 15.8. The Balaban J connectivity index is 2.04. The van der Waals surface area contributed by atoms with Crippen LogP contribution in [0.5, 0.6) is 28.7 Å². The fourth-order valence-electron chi connectivity index (χ4n) is 4.89. The molecule has 164 valence electrons. The Kier molecular flexibility index (Phi) is 4.55. The van der Waals surface area contributed by atoms with E-state index in [1.807, 2.05) is 54.6 Å². The summed E-state index contributed by atoms with van der Waals surface area (Å²) in [6, 6.07) is 20.1. The van der Waals surface area contributed by atoms with E-state index in [1.165, 1.54) is 0 Å². The van der Waals surface area contributed by atoms with Crippen LogP contribution in [0.1, 0.15) is 27.8 Å². The highest BCUT2D eigenvalue weighted by molar-refractivity contribution is 6.30. The third-order valence-electron chi connectivity index (χ3n) is 6.33. The molecule has 0 spiro atoms. The number of hydrogen-bond donors (Lipinski definition) is 5. The van der Waals surface area contributed by atoms with Crippen LogP contribution in [0.3, 0.4) is 0 Å². The molecule has 6 heteroatoms. The number of hydrogen-bond acceptors (Lipinski definition) is 5. The lowest BCUT2D eigenvalue weighted by Crippen LogP contribution is -2.29. The molecule has 5 N–H and O–H groups in total. The van der Waals surface area contributed by atoms with Crippen molar-refractivity contribution < 1.29 is 25.5 Å². The first-order valence-electron chi connectivity index (χ1n) is 10.1. The van der Waals surface area contributed by atoms with Gasteiger partial charge < -0.3 is 25.5 Å². The molecule has 1 unspecified atom stereocenters. The molecule has 5 rings (SSSR count). The largest absolute Gasteiger partial charge is 0.504 e. The SMILES string of the molecule is C=Cc1ccc(C2(c3c(O)c(O)c(O)c(O)c3O)c3ccccc3-c3ccc(Cl)cc32)cc1. The maximum atomic E-state index is 11.1. The predicted octanol–water partition coefficient (Wildman–Crippen LogP) is 5.87. The zero-order valence-electron chi connectivity index (χ0n) is 17.2. The number of aromatic hydroxyl groups is 5. The molecule has 0 radical (unpaired) electrons. The van der Waals surface area contributed by atoms with E-state index in [0.29, 0.717) is 21.7 Å². The van der Waals surface area contributed by atoms with Crippen molar-refractivity contribution in [1.82, 2.24) is 0 Å². The monoisotopic (exact) mass is 458 g/mol. The van der Waals surface area contributed by atoms with Gasteiger partial charge in [-0.15, -0.1) is 0 Å². The highest BCUT2D eigenvalue weighted by atomic mass is 35.5. The van der Waals surface area contributed by atoms with Crippen molar-refractivity contribution in [1.29, 1.82) is 0 Å². The number of phenolic OH excluding ortho intramolecular Hbond substituents is 5. The van der Waals surface area contributed by atoms with Crippen LogP contribution in [0, 0.1) is 0 Å². The number of fused-ring (bicyclic) bond motifs is 3. The van der Waals surface area contributed by atoms with Gasteiger partial charge in [-0.1, -0.05) is 78.9 Å². The number of benzene rings is 4. The molecule has 5 nitrogen and oxygen atoms in total. The van der Waals surface area contributed by atoms with Gasteiger partial charge in [0.2, 0.25) is 17.2 Å². The van der Waals surface area contributed by atoms with Gasteiger partial charge in [-0.3, -0.25) is 0 Å². The van der Waals surface area contributed by atoms with E-state index in [1.54, 1.807) is 18.2 Å². The first-order valence-corrected chi connectivity index (χ1v) is 10.5. The fraction of sp³-hybridized carbons (Fsp3) is 0.0370. The molecule has 33 heavy (non-hydrogen) atoms. The molecule has 0 heterocycles. The molecule has 1 atom stereocenters. The van der Waals surface area contributed by atoms with Gasteiger partial charge in [0, 0.05) is 5.02 Å². The molecule has 0 saturated carbocycles. The molecule has 4 aromatic rings. The number of rotatable bonds is 3. The second kappa shape index (κ2) is 7.22. The fourth-order valence-corrected chi connectivity index (χ4v) is 5.06. The maximum Gasteiger partial charge on any atom is 0.208 e. The number of halogens is 1. The Morgan fingerprint density at radius 3 is 1.88 bits per heavy atom. The summed E-state index contributed by atoms with van der Waals surface area (Å²) >= 11 is 6.41. The Hall–Kier alpha value is -4.09. The normalized spacial score (nSPS) is 16.3. The Labute approximate surface area is 194 Å².